The fraction of sp³-hybridized carbons (Fsp3) is 0.667. The van der Waals surface area contributed by atoms with Crippen molar-refractivity contribution in [1.82, 2.24) is 4.98 Å². The van der Waals surface area contributed by atoms with Gasteiger partial charge in [0.05, 0.1) is 11.4 Å². The summed E-state index contributed by atoms with van der Waals surface area (Å²) >= 11 is 12.9. The number of thioether (sulfide) groups is 2. The molecule has 0 fully saturated rings. The maximum absolute atomic E-state index is 4.73. The van der Waals surface area contributed by atoms with E-state index in [2.05, 4.69) is 57.3 Å². The standard InChI is InChI=1S/C15H25NS4/c1-3-14(17)10-19-8-12-6-5-7-13(16-12)9-20-11-15(18)4-2/h5-7,14-15,17-18H,3-4,8-11H2,1-2H3. The molecule has 1 aromatic heterocycles. The Morgan fingerprint density at radius 1 is 0.950 bits per heavy atom. The molecule has 0 aliphatic rings. The first-order chi connectivity index (χ1) is 9.65. The van der Waals surface area contributed by atoms with E-state index in [1.807, 2.05) is 23.5 Å². The lowest BCUT2D eigenvalue weighted by Crippen LogP contribution is -2.02. The zero-order valence-electron chi connectivity index (χ0n) is 12.3. The zero-order valence-corrected chi connectivity index (χ0v) is 15.7. The molecule has 2 atom stereocenters. The van der Waals surface area contributed by atoms with Gasteiger partial charge in [-0.3, -0.25) is 4.98 Å². The van der Waals surface area contributed by atoms with E-state index in [1.165, 1.54) is 11.4 Å². The summed E-state index contributed by atoms with van der Waals surface area (Å²) in [5.74, 6) is 4.16. The Labute approximate surface area is 143 Å². The molecule has 0 saturated carbocycles. The van der Waals surface area contributed by atoms with Crippen molar-refractivity contribution in [2.75, 3.05) is 11.5 Å². The Hall–Kier alpha value is 0.550. The maximum Gasteiger partial charge on any atom is 0.0506 e. The first-order valence-electron chi connectivity index (χ1n) is 7.12. The Morgan fingerprint density at radius 3 is 1.80 bits per heavy atom. The van der Waals surface area contributed by atoms with Crippen LogP contribution in [-0.4, -0.2) is 27.0 Å². The summed E-state index contributed by atoms with van der Waals surface area (Å²) in [5, 5.41) is 1.00. The second-order valence-electron chi connectivity index (χ2n) is 4.77. The molecular formula is C15H25NS4. The van der Waals surface area contributed by atoms with Crippen molar-refractivity contribution in [3.05, 3.63) is 29.6 Å². The van der Waals surface area contributed by atoms with E-state index >= 15 is 0 Å². The van der Waals surface area contributed by atoms with Gasteiger partial charge < -0.3 is 0 Å². The van der Waals surface area contributed by atoms with Gasteiger partial charge in [-0.2, -0.15) is 48.8 Å². The van der Waals surface area contributed by atoms with E-state index in [1.54, 1.807) is 0 Å². The number of pyridine rings is 1. The molecule has 0 spiro atoms. The molecule has 1 rings (SSSR count). The number of aromatic nitrogens is 1. The van der Waals surface area contributed by atoms with Crippen LogP contribution in [0.3, 0.4) is 0 Å². The quantitative estimate of drug-likeness (QED) is 0.581. The molecule has 0 amide bonds. The SMILES string of the molecule is CCC(S)CSCc1cccc(CSCC(S)CC)n1. The van der Waals surface area contributed by atoms with Gasteiger partial charge in [-0.05, 0) is 25.0 Å². The summed E-state index contributed by atoms with van der Waals surface area (Å²) in [6.45, 7) is 4.36. The maximum atomic E-state index is 4.73. The topological polar surface area (TPSA) is 12.9 Å². The van der Waals surface area contributed by atoms with Crippen molar-refractivity contribution in [1.29, 1.82) is 0 Å². The monoisotopic (exact) mass is 347 g/mol. The predicted octanol–water partition coefficient (Wildman–Crippen LogP) is 4.96. The van der Waals surface area contributed by atoms with E-state index in [0.29, 0.717) is 10.5 Å². The Balaban J connectivity index is 2.33. The highest BCUT2D eigenvalue weighted by atomic mass is 32.2. The van der Waals surface area contributed by atoms with Crippen LogP contribution in [0, 0.1) is 0 Å². The van der Waals surface area contributed by atoms with Gasteiger partial charge in [-0.25, -0.2) is 0 Å². The van der Waals surface area contributed by atoms with Crippen LogP contribution in [0.25, 0.3) is 0 Å². The molecule has 0 aliphatic carbocycles. The van der Waals surface area contributed by atoms with Gasteiger partial charge in [-0.1, -0.05) is 19.9 Å². The average Bonchev–Trinajstić information content (AvgIpc) is 2.47. The van der Waals surface area contributed by atoms with Gasteiger partial charge in [0.2, 0.25) is 0 Å². The van der Waals surface area contributed by atoms with Crippen molar-refractivity contribution in [3.63, 3.8) is 0 Å². The van der Waals surface area contributed by atoms with Crippen molar-refractivity contribution in [2.45, 2.75) is 48.7 Å². The molecule has 0 bridgehead atoms. The molecule has 5 heteroatoms. The zero-order chi connectivity index (χ0) is 14.8. The highest BCUT2D eigenvalue weighted by Crippen LogP contribution is 2.18. The third-order valence-corrected chi connectivity index (χ3v) is 6.79. The molecule has 2 unspecified atom stereocenters. The smallest absolute Gasteiger partial charge is 0.0506 e. The summed E-state index contributed by atoms with van der Waals surface area (Å²) in [4.78, 5) is 4.73. The first-order valence-corrected chi connectivity index (χ1v) is 10.5. The fourth-order valence-electron chi connectivity index (χ4n) is 1.52. The average molecular weight is 348 g/mol. The summed E-state index contributed by atoms with van der Waals surface area (Å²) < 4.78 is 0. The van der Waals surface area contributed by atoms with Gasteiger partial charge in [0.25, 0.3) is 0 Å². The van der Waals surface area contributed by atoms with Crippen LogP contribution in [-0.2, 0) is 11.5 Å². The van der Waals surface area contributed by atoms with E-state index in [0.717, 1.165) is 35.9 Å². The molecule has 0 radical (unpaired) electrons. The normalized spacial score (nSPS) is 14.2. The Morgan fingerprint density at radius 2 is 1.40 bits per heavy atom. The highest BCUT2D eigenvalue weighted by Gasteiger charge is 2.04. The summed E-state index contributed by atoms with van der Waals surface area (Å²) in [6, 6.07) is 6.36. The summed E-state index contributed by atoms with van der Waals surface area (Å²) in [7, 11) is 0. The Bertz CT molecular complexity index is 341. The van der Waals surface area contributed by atoms with Gasteiger partial charge in [0.15, 0.2) is 0 Å². The van der Waals surface area contributed by atoms with Gasteiger partial charge in [0, 0.05) is 33.5 Å². The molecular weight excluding hydrogens is 322 g/mol. The second-order valence-corrected chi connectivity index (χ2v) is 8.30. The van der Waals surface area contributed by atoms with E-state index in [-0.39, 0.29) is 0 Å². The van der Waals surface area contributed by atoms with E-state index in [9.17, 15) is 0 Å². The molecule has 20 heavy (non-hydrogen) atoms. The number of nitrogens with zero attached hydrogens (tertiary/aromatic N) is 1. The minimum atomic E-state index is 0.500. The molecule has 0 aliphatic heterocycles. The minimum Gasteiger partial charge on any atom is -0.256 e. The molecule has 114 valence electrons. The summed E-state index contributed by atoms with van der Waals surface area (Å²) in [6.07, 6.45) is 2.26. The van der Waals surface area contributed by atoms with Gasteiger partial charge >= 0.3 is 0 Å². The molecule has 0 aromatic carbocycles. The number of hydrogen-bond acceptors (Lipinski definition) is 5. The molecule has 1 heterocycles. The Kier molecular flexibility index (Phi) is 10.4. The van der Waals surface area contributed by atoms with Gasteiger partial charge in [0.1, 0.15) is 0 Å². The lowest BCUT2D eigenvalue weighted by molar-refractivity contribution is 0.921. The van der Waals surface area contributed by atoms with Crippen LogP contribution in [0.4, 0.5) is 0 Å². The molecule has 1 aromatic rings. The first kappa shape index (κ1) is 18.6. The molecule has 1 nitrogen and oxygen atoms in total. The molecule has 0 saturated heterocycles. The number of hydrogen-bond donors (Lipinski definition) is 2. The van der Waals surface area contributed by atoms with Crippen molar-refractivity contribution < 1.29 is 0 Å². The highest BCUT2D eigenvalue weighted by molar-refractivity contribution is 7.99. The second kappa shape index (κ2) is 11.2. The van der Waals surface area contributed by atoms with Crippen LogP contribution in [0.15, 0.2) is 18.2 Å². The van der Waals surface area contributed by atoms with Crippen molar-refractivity contribution in [2.24, 2.45) is 0 Å². The van der Waals surface area contributed by atoms with Crippen LogP contribution >= 0.6 is 48.8 Å². The third-order valence-electron chi connectivity index (χ3n) is 2.93. The minimum absolute atomic E-state index is 0.500. The molecule has 0 N–H and O–H groups in total. The summed E-state index contributed by atoms with van der Waals surface area (Å²) in [5.41, 5.74) is 2.37. The fourth-order valence-corrected chi connectivity index (χ4v) is 4.15. The van der Waals surface area contributed by atoms with Crippen LogP contribution in [0.1, 0.15) is 38.1 Å². The number of rotatable bonds is 10. The lowest BCUT2D eigenvalue weighted by atomic mass is 10.3. The largest absolute Gasteiger partial charge is 0.256 e. The van der Waals surface area contributed by atoms with Crippen LogP contribution in [0.2, 0.25) is 0 Å². The van der Waals surface area contributed by atoms with Gasteiger partial charge in [-0.15, -0.1) is 0 Å². The van der Waals surface area contributed by atoms with Crippen LogP contribution < -0.4 is 0 Å². The van der Waals surface area contributed by atoms with E-state index in [4.69, 9.17) is 4.98 Å². The lowest BCUT2D eigenvalue weighted by Gasteiger charge is -2.09. The predicted molar refractivity (Wildman–Crippen MR) is 103 cm³/mol. The number of thiol groups is 2. The van der Waals surface area contributed by atoms with Crippen LogP contribution in [0.5, 0.6) is 0 Å². The van der Waals surface area contributed by atoms with Crippen molar-refractivity contribution in [3.8, 4) is 0 Å². The third kappa shape index (κ3) is 8.11. The van der Waals surface area contributed by atoms with Crippen molar-refractivity contribution >= 4 is 48.8 Å². The van der Waals surface area contributed by atoms with E-state index < -0.39 is 0 Å².